The molecule has 0 spiro atoms. The zero-order valence-corrected chi connectivity index (χ0v) is 16.2. The van der Waals surface area contributed by atoms with E-state index in [4.69, 9.17) is 14.2 Å². The molecule has 3 aliphatic rings. The van der Waals surface area contributed by atoms with Crippen LogP contribution < -0.4 is 14.2 Å². The zero-order valence-electron chi connectivity index (χ0n) is 16.2. The normalized spacial score (nSPS) is 16.8. The number of ether oxygens (including phenoxy) is 3. The van der Waals surface area contributed by atoms with E-state index in [1.54, 1.807) is 0 Å². The van der Waals surface area contributed by atoms with Crippen molar-refractivity contribution >= 4 is 5.91 Å². The fourth-order valence-corrected chi connectivity index (χ4v) is 4.09. The van der Waals surface area contributed by atoms with Gasteiger partial charge in [-0.05, 0) is 38.0 Å². The van der Waals surface area contributed by atoms with Crippen LogP contribution in [0.25, 0.3) is 0 Å². The molecule has 5 rings (SSSR count). The molecule has 146 valence electrons. The maximum absolute atomic E-state index is 13.0. The molecule has 0 atom stereocenters. The summed E-state index contributed by atoms with van der Waals surface area (Å²) in [6.07, 6.45) is 3.91. The average molecular weight is 379 g/mol. The van der Waals surface area contributed by atoms with E-state index in [0.29, 0.717) is 25.8 Å². The second kappa shape index (κ2) is 7.04. The van der Waals surface area contributed by atoms with Gasteiger partial charge in [-0.2, -0.15) is 0 Å². The van der Waals surface area contributed by atoms with E-state index < -0.39 is 0 Å². The van der Waals surface area contributed by atoms with Gasteiger partial charge in [0, 0.05) is 35.6 Å². The first-order valence-corrected chi connectivity index (χ1v) is 10.1. The molecular formula is C23H25NO4. The highest BCUT2D eigenvalue weighted by Crippen LogP contribution is 2.42. The molecule has 2 aromatic rings. The Morgan fingerprint density at radius 1 is 1.14 bits per heavy atom. The maximum atomic E-state index is 13.0. The minimum Gasteiger partial charge on any atom is -0.493 e. The van der Waals surface area contributed by atoms with Crippen LogP contribution in [-0.2, 0) is 24.2 Å². The van der Waals surface area contributed by atoms with Crippen LogP contribution in [0.5, 0.6) is 17.2 Å². The summed E-state index contributed by atoms with van der Waals surface area (Å²) in [6, 6.07) is 10.2. The molecule has 0 saturated heterocycles. The minimum absolute atomic E-state index is 0.0336. The van der Waals surface area contributed by atoms with Crippen molar-refractivity contribution in [2.24, 2.45) is 0 Å². The maximum Gasteiger partial charge on any atom is 0.261 e. The molecular weight excluding hydrogens is 354 g/mol. The first-order chi connectivity index (χ1) is 13.7. The topological polar surface area (TPSA) is 48.0 Å². The number of hydrogen-bond acceptors (Lipinski definition) is 4. The average Bonchev–Trinajstić information content (AvgIpc) is 3.23. The fraction of sp³-hybridized carbons (Fsp3) is 0.435. The molecule has 1 fully saturated rings. The minimum atomic E-state index is 0.0336. The summed E-state index contributed by atoms with van der Waals surface area (Å²) in [6.45, 7) is 4.09. The van der Waals surface area contributed by atoms with Gasteiger partial charge in [-0.15, -0.1) is 0 Å². The van der Waals surface area contributed by atoms with Crippen molar-refractivity contribution in [3.63, 3.8) is 0 Å². The molecule has 2 heterocycles. The standard InChI is InChI=1S/C23H25NO4/c1-15-2-6-18(7-3-15)28-14-22(25)24(17-4-5-17)13-20-19-9-11-26-21(19)12-16-8-10-27-23(16)20/h2-3,6-7,12,17H,4-5,8-11,13-14H2,1H3. The highest BCUT2D eigenvalue weighted by molar-refractivity contribution is 5.78. The lowest BCUT2D eigenvalue weighted by Gasteiger charge is -2.25. The van der Waals surface area contributed by atoms with Gasteiger partial charge in [0.25, 0.3) is 5.91 Å². The second-order valence-electron chi connectivity index (χ2n) is 7.87. The summed E-state index contributed by atoms with van der Waals surface area (Å²) < 4.78 is 17.5. The predicted octanol–water partition coefficient (Wildman–Crippen LogP) is 3.43. The van der Waals surface area contributed by atoms with Crippen molar-refractivity contribution in [2.75, 3.05) is 19.8 Å². The summed E-state index contributed by atoms with van der Waals surface area (Å²) in [5, 5.41) is 0. The summed E-state index contributed by atoms with van der Waals surface area (Å²) in [5.74, 6) is 2.71. The van der Waals surface area contributed by atoms with Crippen LogP contribution in [0.1, 0.15) is 35.1 Å². The Morgan fingerprint density at radius 3 is 2.71 bits per heavy atom. The van der Waals surface area contributed by atoms with Crippen molar-refractivity contribution in [3.8, 4) is 17.2 Å². The molecule has 2 aliphatic heterocycles. The lowest BCUT2D eigenvalue weighted by atomic mass is 9.99. The molecule has 0 aromatic heterocycles. The molecule has 1 aliphatic carbocycles. The third-order valence-corrected chi connectivity index (χ3v) is 5.78. The van der Waals surface area contributed by atoms with E-state index >= 15 is 0 Å². The number of hydrogen-bond donors (Lipinski definition) is 0. The SMILES string of the molecule is Cc1ccc(OCC(=O)N(Cc2c3c(cc4c2OCC4)OCC3)C2CC2)cc1. The Kier molecular flexibility index (Phi) is 4.38. The first-order valence-electron chi connectivity index (χ1n) is 10.1. The van der Waals surface area contributed by atoms with Gasteiger partial charge in [0.15, 0.2) is 6.61 Å². The molecule has 1 saturated carbocycles. The molecule has 0 N–H and O–H groups in total. The number of nitrogens with zero attached hydrogens (tertiary/aromatic N) is 1. The van der Waals surface area contributed by atoms with Crippen molar-refractivity contribution in [1.82, 2.24) is 4.90 Å². The first kappa shape index (κ1) is 17.4. The number of benzene rings is 2. The van der Waals surface area contributed by atoms with Crippen LogP contribution in [0.4, 0.5) is 0 Å². The number of aryl methyl sites for hydroxylation is 1. The van der Waals surface area contributed by atoms with Gasteiger partial charge in [0.1, 0.15) is 17.2 Å². The van der Waals surface area contributed by atoms with E-state index in [1.165, 1.54) is 16.7 Å². The molecule has 5 nitrogen and oxygen atoms in total. The number of amides is 1. The monoisotopic (exact) mass is 379 g/mol. The molecule has 1 amide bonds. The van der Waals surface area contributed by atoms with E-state index in [2.05, 4.69) is 6.07 Å². The smallest absolute Gasteiger partial charge is 0.261 e. The lowest BCUT2D eigenvalue weighted by Crippen LogP contribution is -2.36. The van der Waals surface area contributed by atoms with Gasteiger partial charge in [0.2, 0.25) is 0 Å². The van der Waals surface area contributed by atoms with Gasteiger partial charge in [-0.1, -0.05) is 17.7 Å². The number of rotatable bonds is 6. The molecule has 28 heavy (non-hydrogen) atoms. The Morgan fingerprint density at radius 2 is 1.93 bits per heavy atom. The van der Waals surface area contributed by atoms with Crippen LogP contribution in [0.15, 0.2) is 30.3 Å². The Balaban J connectivity index is 1.35. The van der Waals surface area contributed by atoms with Gasteiger partial charge < -0.3 is 19.1 Å². The molecule has 0 radical (unpaired) electrons. The molecule has 5 heteroatoms. The van der Waals surface area contributed by atoms with Crippen LogP contribution in [0.2, 0.25) is 0 Å². The summed E-state index contributed by atoms with van der Waals surface area (Å²) >= 11 is 0. The Labute approximate surface area is 165 Å². The number of carbonyl (C=O) groups is 1. The molecule has 0 unspecified atom stereocenters. The lowest BCUT2D eigenvalue weighted by molar-refractivity contribution is -0.134. The predicted molar refractivity (Wildman–Crippen MR) is 105 cm³/mol. The third-order valence-electron chi connectivity index (χ3n) is 5.78. The van der Waals surface area contributed by atoms with Gasteiger partial charge in [0.05, 0.1) is 19.8 Å². The van der Waals surface area contributed by atoms with Crippen LogP contribution in [-0.4, -0.2) is 36.7 Å². The fourth-order valence-electron chi connectivity index (χ4n) is 4.09. The largest absolute Gasteiger partial charge is 0.493 e. The van der Waals surface area contributed by atoms with Crippen molar-refractivity contribution < 1.29 is 19.0 Å². The van der Waals surface area contributed by atoms with E-state index in [-0.39, 0.29) is 12.5 Å². The van der Waals surface area contributed by atoms with Gasteiger partial charge in [-0.25, -0.2) is 0 Å². The second-order valence-corrected chi connectivity index (χ2v) is 7.87. The zero-order chi connectivity index (χ0) is 19.1. The van der Waals surface area contributed by atoms with Gasteiger partial charge >= 0.3 is 0 Å². The number of fused-ring (bicyclic) bond motifs is 2. The van der Waals surface area contributed by atoms with Crippen LogP contribution >= 0.6 is 0 Å². The van der Waals surface area contributed by atoms with Crippen LogP contribution in [0, 0.1) is 6.92 Å². The van der Waals surface area contributed by atoms with Crippen molar-refractivity contribution in [1.29, 1.82) is 0 Å². The van der Waals surface area contributed by atoms with E-state index in [1.807, 2.05) is 36.1 Å². The molecule has 2 aromatic carbocycles. The summed E-state index contributed by atoms with van der Waals surface area (Å²) in [7, 11) is 0. The van der Waals surface area contributed by atoms with Crippen molar-refractivity contribution in [2.45, 2.75) is 45.2 Å². The third kappa shape index (κ3) is 3.30. The Hall–Kier alpha value is -2.69. The summed E-state index contributed by atoms with van der Waals surface area (Å²) in [4.78, 5) is 15.0. The van der Waals surface area contributed by atoms with Gasteiger partial charge in [-0.3, -0.25) is 4.79 Å². The van der Waals surface area contributed by atoms with Crippen molar-refractivity contribution in [3.05, 3.63) is 52.6 Å². The van der Waals surface area contributed by atoms with Crippen LogP contribution in [0.3, 0.4) is 0 Å². The molecule has 0 bridgehead atoms. The quantitative estimate of drug-likeness (QED) is 0.772. The Bertz CT molecular complexity index is 870. The van der Waals surface area contributed by atoms with E-state index in [0.717, 1.165) is 48.5 Å². The highest BCUT2D eigenvalue weighted by Gasteiger charge is 2.35. The highest BCUT2D eigenvalue weighted by atomic mass is 16.5. The number of carbonyl (C=O) groups excluding carboxylic acids is 1. The summed E-state index contributed by atoms with van der Waals surface area (Å²) in [5.41, 5.74) is 4.72. The van der Waals surface area contributed by atoms with E-state index in [9.17, 15) is 4.79 Å².